The van der Waals surface area contributed by atoms with Gasteiger partial charge in [0, 0.05) is 20.1 Å². The highest BCUT2D eigenvalue weighted by molar-refractivity contribution is 5.84. The van der Waals surface area contributed by atoms with E-state index in [1.54, 1.807) is 7.11 Å². The average Bonchev–Trinajstić information content (AvgIpc) is 3.25. The van der Waals surface area contributed by atoms with Crippen molar-refractivity contribution in [2.45, 2.75) is 32.0 Å². The molecule has 1 aliphatic rings. The Morgan fingerprint density at radius 3 is 2.42 bits per heavy atom. The second-order valence-corrected chi connectivity index (χ2v) is 7.47. The number of nitrogens with zero attached hydrogens (tertiary/aromatic N) is 3. The Bertz CT molecular complexity index is 719. The van der Waals surface area contributed by atoms with Gasteiger partial charge in [0.1, 0.15) is 18.8 Å². The number of carbonyl (C=O) groups is 1. The van der Waals surface area contributed by atoms with Crippen LogP contribution in [-0.2, 0) is 4.79 Å². The summed E-state index contributed by atoms with van der Waals surface area (Å²) in [5, 5.41) is 6.29. The van der Waals surface area contributed by atoms with Gasteiger partial charge in [0.25, 0.3) is 0 Å². The van der Waals surface area contributed by atoms with Crippen molar-refractivity contribution in [3.8, 4) is 5.75 Å². The van der Waals surface area contributed by atoms with E-state index < -0.39 is 18.6 Å². The summed E-state index contributed by atoms with van der Waals surface area (Å²) in [6, 6.07) is 8.01. The van der Waals surface area contributed by atoms with Crippen LogP contribution < -0.4 is 15.4 Å². The smallest absolute Gasteiger partial charge is 0.406 e. The van der Waals surface area contributed by atoms with E-state index in [4.69, 9.17) is 4.74 Å². The number of hydrogen-bond acceptors (Lipinski definition) is 4. The minimum atomic E-state index is -4.43. The summed E-state index contributed by atoms with van der Waals surface area (Å²) in [6.07, 6.45) is -2.15. The van der Waals surface area contributed by atoms with E-state index in [2.05, 4.69) is 20.5 Å². The van der Waals surface area contributed by atoms with Gasteiger partial charge in [-0.25, -0.2) is 4.99 Å². The number of nitrogens with one attached hydrogen (secondary N) is 2. The third-order valence-corrected chi connectivity index (χ3v) is 5.10. The van der Waals surface area contributed by atoms with E-state index in [1.165, 1.54) is 0 Å². The number of rotatable bonds is 9. The highest BCUT2D eigenvalue weighted by Gasteiger charge is 2.31. The van der Waals surface area contributed by atoms with Crippen molar-refractivity contribution in [2.75, 3.05) is 53.4 Å². The number of guanidine groups is 1. The molecule has 31 heavy (non-hydrogen) atoms. The molecule has 0 aromatic heterocycles. The third-order valence-electron chi connectivity index (χ3n) is 5.10. The first-order valence-corrected chi connectivity index (χ1v) is 10.4. The topological polar surface area (TPSA) is 69.2 Å². The molecule has 2 rings (SSSR count). The first-order valence-electron chi connectivity index (χ1n) is 10.4. The minimum absolute atomic E-state index is 0.0980. The van der Waals surface area contributed by atoms with E-state index in [1.807, 2.05) is 31.2 Å². The van der Waals surface area contributed by atoms with E-state index >= 15 is 0 Å². The van der Waals surface area contributed by atoms with Gasteiger partial charge >= 0.3 is 6.18 Å². The molecule has 7 nitrogen and oxygen atoms in total. The average molecular weight is 444 g/mol. The summed E-state index contributed by atoms with van der Waals surface area (Å²) in [4.78, 5) is 19.2. The molecule has 1 atom stereocenters. The van der Waals surface area contributed by atoms with Crippen molar-refractivity contribution in [1.29, 1.82) is 0 Å². The van der Waals surface area contributed by atoms with Crippen LogP contribution >= 0.6 is 0 Å². The third kappa shape index (κ3) is 8.28. The van der Waals surface area contributed by atoms with Crippen LogP contribution in [0.4, 0.5) is 13.2 Å². The Morgan fingerprint density at radius 1 is 1.23 bits per heavy atom. The Balaban J connectivity index is 2.04. The van der Waals surface area contributed by atoms with Gasteiger partial charge in [0.2, 0.25) is 5.91 Å². The largest absolute Gasteiger partial charge is 0.497 e. The molecule has 0 bridgehead atoms. The molecule has 1 heterocycles. The van der Waals surface area contributed by atoms with Crippen LogP contribution in [0, 0.1) is 0 Å². The first-order chi connectivity index (χ1) is 14.7. The van der Waals surface area contributed by atoms with Crippen molar-refractivity contribution in [3.63, 3.8) is 0 Å². The predicted octanol–water partition coefficient (Wildman–Crippen LogP) is 2.41. The number of hydrogen-bond donors (Lipinski definition) is 2. The number of likely N-dealkylation sites (N-methyl/N-ethyl adjacent to an activating group) is 1. The quantitative estimate of drug-likeness (QED) is 0.453. The maximum atomic E-state index is 12.5. The Hall–Kier alpha value is -2.49. The van der Waals surface area contributed by atoms with Gasteiger partial charge < -0.3 is 20.3 Å². The van der Waals surface area contributed by atoms with Gasteiger partial charge in [-0.2, -0.15) is 13.2 Å². The van der Waals surface area contributed by atoms with Crippen molar-refractivity contribution >= 4 is 11.9 Å². The molecule has 1 fully saturated rings. The van der Waals surface area contributed by atoms with Crippen LogP contribution in [-0.4, -0.2) is 81.3 Å². The number of alkyl halides is 3. The molecule has 1 aliphatic heterocycles. The van der Waals surface area contributed by atoms with E-state index in [0.29, 0.717) is 23.9 Å². The van der Waals surface area contributed by atoms with Crippen LogP contribution in [0.1, 0.15) is 31.4 Å². The number of halogens is 3. The van der Waals surface area contributed by atoms with Gasteiger partial charge in [-0.15, -0.1) is 0 Å². The Morgan fingerprint density at radius 2 is 1.87 bits per heavy atom. The molecular weight excluding hydrogens is 411 g/mol. The standard InChI is InChI=1S/C21H32F3N5O2/c1-4-25-20(27-14-19(30)28(2)15-21(22,23)24)26-13-18(29-11-5-6-12-29)16-7-9-17(31-3)10-8-16/h7-10,18H,4-6,11-15H2,1-3H3,(H2,25,26,27). The van der Waals surface area contributed by atoms with E-state index in [9.17, 15) is 18.0 Å². The fourth-order valence-electron chi connectivity index (χ4n) is 3.50. The molecule has 0 aliphatic carbocycles. The summed E-state index contributed by atoms with van der Waals surface area (Å²) >= 11 is 0. The van der Waals surface area contributed by atoms with Crippen LogP contribution in [0.25, 0.3) is 0 Å². The lowest BCUT2D eigenvalue weighted by molar-refractivity contribution is -0.157. The summed E-state index contributed by atoms with van der Waals surface area (Å²) in [6.45, 7) is 3.33. The fourth-order valence-corrected chi connectivity index (χ4v) is 3.50. The van der Waals surface area contributed by atoms with Gasteiger partial charge in [0.15, 0.2) is 5.96 Å². The number of carbonyl (C=O) groups excluding carboxylic acids is 1. The molecule has 1 amide bonds. The maximum Gasteiger partial charge on any atom is 0.406 e. The van der Waals surface area contributed by atoms with Crippen LogP contribution in [0.3, 0.4) is 0 Å². The Labute approximate surface area is 181 Å². The monoisotopic (exact) mass is 443 g/mol. The summed E-state index contributed by atoms with van der Waals surface area (Å²) < 4.78 is 42.7. The molecule has 1 aromatic carbocycles. The van der Waals surface area contributed by atoms with Gasteiger partial charge in [0.05, 0.1) is 13.2 Å². The predicted molar refractivity (Wildman–Crippen MR) is 114 cm³/mol. The zero-order valence-corrected chi connectivity index (χ0v) is 18.3. The molecular formula is C21H32F3N5O2. The molecule has 1 unspecified atom stereocenters. The normalized spacial score (nSPS) is 16.1. The maximum absolute atomic E-state index is 12.5. The number of amides is 1. The number of ether oxygens (including phenoxy) is 1. The van der Waals surface area contributed by atoms with E-state index in [0.717, 1.165) is 44.3 Å². The second-order valence-electron chi connectivity index (χ2n) is 7.47. The lowest BCUT2D eigenvalue weighted by atomic mass is 10.1. The second kappa shape index (κ2) is 11.8. The molecule has 1 saturated heterocycles. The Kier molecular flexibility index (Phi) is 9.42. The lowest BCUT2D eigenvalue weighted by Crippen LogP contribution is -2.43. The van der Waals surface area contributed by atoms with Crippen molar-refractivity contribution in [3.05, 3.63) is 29.8 Å². The lowest BCUT2D eigenvalue weighted by Gasteiger charge is -2.29. The number of likely N-dealkylation sites (tertiary alicyclic amines) is 1. The number of methoxy groups -OCH3 is 1. The highest BCUT2D eigenvalue weighted by Crippen LogP contribution is 2.26. The molecule has 10 heteroatoms. The van der Waals surface area contributed by atoms with Crippen LogP contribution in [0.5, 0.6) is 5.75 Å². The zero-order chi connectivity index (χ0) is 22.9. The number of benzene rings is 1. The minimum Gasteiger partial charge on any atom is -0.497 e. The van der Waals surface area contributed by atoms with Crippen LogP contribution in [0.2, 0.25) is 0 Å². The highest BCUT2D eigenvalue weighted by atomic mass is 19.4. The van der Waals surface area contributed by atoms with Crippen LogP contribution in [0.15, 0.2) is 29.3 Å². The van der Waals surface area contributed by atoms with Gasteiger partial charge in [-0.1, -0.05) is 12.1 Å². The fraction of sp³-hybridized carbons (Fsp3) is 0.619. The molecule has 0 saturated carbocycles. The van der Waals surface area contributed by atoms with Crippen molar-refractivity contribution < 1.29 is 22.7 Å². The molecule has 2 N–H and O–H groups in total. The van der Waals surface area contributed by atoms with Crippen molar-refractivity contribution in [1.82, 2.24) is 20.4 Å². The molecule has 174 valence electrons. The summed E-state index contributed by atoms with van der Waals surface area (Å²) in [5.41, 5.74) is 1.13. The zero-order valence-electron chi connectivity index (χ0n) is 18.3. The van der Waals surface area contributed by atoms with Crippen molar-refractivity contribution in [2.24, 2.45) is 4.99 Å². The van der Waals surface area contributed by atoms with Gasteiger partial charge in [-0.3, -0.25) is 9.69 Å². The molecule has 0 radical (unpaired) electrons. The molecule has 1 aromatic rings. The SMILES string of the molecule is CCNC(=NCC(=O)N(C)CC(F)(F)F)NCC(c1ccc(OC)cc1)N1CCCC1. The number of aliphatic imine (C=N–C) groups is 1. The molecule has 0 spiro atoms. The summed E-state index contributed by atoms with van der Waals surface area (Å²) in [5.74, 6) is 0.489. The van der Waals surface area contributed by atoms with E-state index in [-0.39, 0.29) is 12.6 Å². The summed E-state index contributed by atoms with van der Waals surface area (Å²) in [7, 11) is 2.75. The van der Waals surface area contributed by atoms with Gasteiger partial charge in [-0.05, 0) is 50.6 Å². The first kappa shape index (κ1) is 24.8.